The molecule has 1 aromatic heterocycles. The highest BCUT2D eigenvalue weighted by atomic mass is 16.5. The van der Waals surface area contributed by atoms with E-state index in [1.54, 1.807) is 7.11 Å². The van der Waals surface area contributed by atoms with Crippen molar-refractivity contribution in [1.29, 1.82) is 0 Å². The average Bonchev–Trinajstić information content (AvgIpc) is 2.81. The summed E-state index contributed by atoms with van der Waals surface area (Å²) in [6, 6.07) is 11.3. The molecular weight excluding hydrogens is 240 g/mol. The van der Waals surface area contributed by atoms with Gasteiger partial charge in [-0.05, 0) is 30.7 Å². The highest BCUT2D eigenvalue weighted by Crippen LogP contribution is 2.33. The number of aryl methyl sites for hydroxylation is 1. The monoisotopic (exact) mass is 254 g/mol. The summed E-state index contributed by atoms with van der Waals surface area (Å²) in [5, 5.41) is 0. The van der Waals surface area contributed by atoms with Gasteiger partial charge in [-0.1, -0.05) is 18.2 Å². The maximum atomic E-state index is 6.01. The average molecular weight is 254 g/mol. The summed E-state index contributed by atoms with van der Waals surface area (Å²) in [4.78, 5) is 4.50. The first-order chi connectivity index (χ1) is 9.20. The number of nitrogens with zero attached hydrogens (tertiary/aromatic N) is 1. The van der Waals surface area contributed by atoms with Crippen molar-refractivity contribution in [2.45, 2.75) is 6.92 Å². The van der Waals surface area contributed by atoms with Crippen LogP contribution in [0, 0.1) is 6.92 Å². The minimum Gasteiger partial charge on any atom is -0.494 e. The Labute approximate surface area is 110 Å². The van der Waals surface area contributed by atoms with Crippen LogP contribution in [-0.2, 0) is 0 Å². The molecular formula is C15H14N2O2. The largest absolute Gasteiger partial charge is 0.494 e. The second-order valence-electron chi connectivity index (χ2n) is 4.37. The van der Waals surface area contributed by atoms with Gasteiger partial charge in [0.05, 0.1) is 12.7 Å². The molecule has 3 rings (SSSR count). The molecule has 0 atom stereocenters. The molecule has 0 aliphatic carbocycles. The molecule has 0 bridgehead atoms. The predicted octanol–water partition coefficient (Wildman–Crippen LogP) is 3.39. The van der Waals surface area contributed by atoms with Crippen molar-refractivity contribution in [2.75, 3.05) is 12.8 Å². The summed E-state index contributed by atoms with van der Waals surface area (Å²) in [6.45, 7) is 1.98. The number of nitrogens with two attached hydrogens (primary N) is 1. The minimum atomic E-state index is 0.523. The fourth-order valence-corrected chi connectivity index (χ4v) is 2.18. The molecule has 0 aliphatic heterocycles. The highest BCUT2D eigenvalue weighted by Gasteiger charge is 2.15. The van der Waals surface area contributed by atoms with Gasteiger partial charge >= 0.3 is 0 Å². The lowest BCUT2D eigenvalue weighted by molar-refractivity contribution is 0.419. The minimum absolute atomic E-state index is 0.523. The molecule has 2 aromatic carbocycles. The Kier molecular flexibility index (Phi) is 2.63. The van der Waals surface area contributed by atoms with Crippen molar-refractivity contribution >= 4 is 16.8 Å². The predicted molar refractivity (Wildman–Crippen MR) is 75.1 cm³/mol. The Bertz CT molecular complexity index is 727. The molecule has 0 fully saturated rings. The van der Waals surface area contributed by atoms with E-state index in [4.69, 9.17) is 14.9 Å². The Morgan fingerprint density at radius 3 is 2.68 bits per heavy atom. The zero-order valence-corrected chi connectivity index (χ0v) is 10.8. The molecule has 19 heavy (non-hydrogen) atoms. The van der Waals surface area contributed by atoms with Crippen LogP contribution in [0.2, 0.25) is 0 Å². The highest BCUT2D eigenvalue weighted by molar-refractivity contribution is 5.84. The fraction of sp³-hybridized carbons (Fsp3) is 0.133. The second kappa shape index (κ2) is 4.31. The van der Waals surface area contributed by atoms with Gasteiger partial charge in [-0.25, -0.2) is 4.98 Å². The number of ether oxygens (including phenoxy) is 1. The fourth-order valence-electron chi connectivity index (χ4n) is 2.18. The summed E-state index contributed by atoms with van der Waals surface area (Å²) in [5.41, 5.74) is 9.94. The van der Waals surface area contributed by atoms with E-state index < -0.39 is 0 Å². The van der Waals surface area contributed by atoms with Crippen molar-refractivity contribution in [3.8, 4) is 17.2 Å². The van der Waals surface area contributed by atoms with Crippen LogP contribution in [0.5, 0.6) is 5.75 Å². The molecule has 0 saturated heterocycles. The third-order valence-corrected chi connectivity index (χ3v) is 3.12. The molecule has 3 aromatic rings. The van der Waals surface area contributed by atoms with Crippen LogP contribution >= 0.6 is 0 Å². The Morgan fingerprint density at radius 1 is 1.16 bits per heavy atom. The Morgan fingerprint density at radius 2 is 1.95 bits per heavy atom. The van der Waals surface area contributed by atoms with Crippen LogP contribution in [-0.4, -0.2) is 12.1 Å². The molecule has 0 spiro atoms. The first-order valence-corrected chi connectivity index (χ1v) is 5.99. The van der Waals surface area contributed by atoms with Crippen LogP contribution in [0.15, 0.2) is 40.8 Å². The number of methoxy groups -OCH3 is 1. The van der Waals surface area contributed by atoms with Crippen molar-refractivity contribution < 1.29 is 9.15 Å². The number of hydrogen-bond acceptors (Lipinski definition) is 4. The maximum Gasteiger partial charge on any atom is 0.229 e. The van der Waals surface area contributed by atoms with E-state index in [-0.39, 0.29) is 0 Å². The van der Waals surface area contributed by atoms with Crippen molar-refractivity contribution in [3.63, 3.8) is 0 Å². The quantitative estimate of drug-likeness (QED) is 0.712. The first-order valence-electron chi connectivity index (χ1n) is 5.99. The third-order valence-electron chi connectivity index (χ3n) is 3.12. The number of benzene rings is 2. The summed E-state index contributed by atoms with van der Waals surface area (Å²) < 4.78 is 11.1. The zero-order chi connectivity index (χ0) is 13.4. The number of oxazole rings is 1. The summed E-state index contributed by atoms with van der Waals surface area (Å²) in [7, 11) is 1.62. The van der Waals surface area contributed by atoms with Crippen molar-refractivity contribution in [2.24, 2.45) is 0 Å². The van der Waals surface area contributed by atoms with E-state index in [0.29, 0.717) is 28.4 Å². The summed E-state index contributed by atoms with van der Waals surface area (Å²) >= 11 is 0. The molecule has 0 radical (unpaired) electrons. The zero-order valence-electron chi connectivity index (χ0n) is 10.8. The summed E-state index contributed by atoms with van der Waals surface area (Å²) in [5.74, 6) is 1.22. The van der Waals surface area contributed by atoms with E-state index in [2.05, 4.69) is 4.98 Å². The van der Waals surface area contributed by atoms with Crippen LogP contribution in [0.25, 0.3) is 22.6 Å². The number of hydrogen-bond donors (Lipinski definition) is 1. The standard InChI is InChI=1S/C15H14N2O2/c1-9-5-3-6-10(16)13(9)15-17-14-11(18-2)7-4-8-12(14)19-15/h3-8H,16H2,1-2H3. The topological polar surface area (TPSA) is 61.3 Å². The van der Waals surface area contributed by atoms with Gasteiger partial charge in [0.1, 0.15) is 5.75 Å². The molecule has 1 heterocycles. The molecule has 4 heteroatoms. The van der Waals surface area contributed by atoms with Gasteiger partial charge in [-0.3, -0.25) is 0 Å². The number of para-hydroxylation sites is 1. The van der Waals surface area contributed by atoms with Gasteiger partial charge < -0.3 is 14.9 Å². The molecule has 2 N–H and O–H groups in total. The van der Waals surface area contributed by atoms with Gasteiger partial charge in [-0.2, -0.15) is 0 Å². The van der Waals surface area contributed by atoms with E-state index >= 15 is 0 Å². The number of aromatic nitrogens is 1. The number of anilines is 1. The Balaban J connectivity index is 2.27. The maximum absolute atomic E-state index is 6.01. The molecule has 96 valence electrons. The van der Waals surface area contributed by atoms with Crippen LogP contribution in [0.4, 0.5) is 5.69 Å². The van der Waals surface area contributed by atoms with Gasteiger partial charge in [0.15, 0.2) is 11.1 Å². The molecule has 0 saturated carbocycles. The molecule has 0 aliphatic rings. The van der Waals surface area contributed by atoms with E-state index in [1.165, 1.54) is 0 Å². The van der Waals surface area contributed by atoms with Gasteiger partial charge in [0, 0.05) is 5.69 Å². The van der Waals surface area contributed by atoms with Gasteiger partial charge in [0.2, 0.25) is 5.89 Å². The number of fused-ring (bicyclic) bond motifs is 1. The lowest BCUT2D eigenvalue weighted by atomic mass is 10.1. The smallest absolute Gasteiger partial charge is 0.229 e. The van der Waals surface area contributed by atoms with Crippen molar-refractivity contribution in [3.05, 3.63) is 42.0 Å². The van der Waals surface area contributed by atoms with Crippen LogP contribution in [0.1, 0.15) is 5.56 Å². The lowest BCUT2D eigenvalue weighted by Gasteiger charge is -2.04. The number of nitrogen functional groups attached to an aromatic ring is 1. The normalized spacial score (nSPS) is 10.8. The summed E-state index contributed by atoms with van der Waals surface area (Å²) in [6.07, 6.45) is 0. The second-order valence-corrected chi connectivity index (χ2v) is 4.37. The van der Waals surface area contributed by atoms with E-state index in [0.717, 1.165) is 11.1 Å². The van der Waals surface area contributed by atoms with Crippen LogP contribution in [0.3, 0.4) is 0 Å². The third kappa shape index (κ3) is 1.81. The van der Waals surface area contributed by atoms with E-state index in [9.17, 15) is 0 Å². The first kappa shape index (κ1) is 11.6. The molecule has 0 unspecified atom stereocenters. The van der Waals surface area contributed by atoms with Crippen molar-refractivity contribution in [1.82, 2.24) is 4.98 Å². The number of rotatable bonds is 2. The van der Waals surface area contributed by atoms with Gasteiger partial charge in [0.25, 0.3) is 0 Å². The van der Waals surface area contributed by atoms with Crippen LogP contribution < -0.4 is 10.5 Å². The Hall–Kier alpha value is -2.49. The lowest BCUT2D eigenvalue weighted by Crippen LogP contribution is -1.92. The van der Waals surface area contributed by atoms with E-state index in [1.807, 2.05) is 43.3 Å². The molecule has 0 amide bonds. The SMILES string of the molecule is COc1cccc2oc(-c3c(C)cccc3N)nc12. The molecule has 4 nitrogen and oxygen atoms in total. The van der Waals surface area contributed by atoms with Gasteiger partial charge in [-0.15, -0.1) is 0 Å².